The maximum Gasteiger partial charge on any atom is 0.257 e. The van der Waals surface area contributed by atoms with Crippen LogP contribution in [0.4, 0.5) is 5.69 Å². The van der Waals surface area contributed by atoms with Gasteiger partial charge in [-0.15, -0.1) is 0 Å². The van der Waals surface area contributed by atoms with Crippen molar-refractivity contribution >= 4 is 17.1 Å². The van der Waals surface area contributed by atoms with Crippen molar-refractivity contribution in [2.75, 3.05) is 18.5 Å². The average Bonchev–Trinajstić information content (AvgIpc) is 3.22. The number of fused-ring (bicyclic) bond motifs is 1. The monoisotopic (exact) mass is 310 g/mol. The Bertz CT molecular complexity index is 797. The van der Waals surface area contributed by atoms with E-state index in [4.69, 9.17) is 4.74 Å². The van der Waals surface area contributed by atoms with Gasteiger partial charge in [-0.1, -0.05) is 6.07 Å². The zero-order chi connectivity index (χ0) is 15.6. The van der Waals surface area contributed by atoms with E-state index in [0.717, 1.165) is 37.3 Å². The first-order valence-corrected chi connectivity index (χ1v) is 7.79. The number of anilines is 1. The van der Waals surface area contributed by atoms with E-state index in [1.165, 1.54) is 0 Å². The number of hydrogen-bond acceptors (Lipinski definition) is 3. The van der Waals surface area contributed by atoms with Crippen LogP contribution in [0.5, 0.6) is 0 Å². The third-order valence-electron chi connectivity index (χ3n) is 4.19. The second-order valence-corrected chi connectivity index (χ2v) is 5.77. The van der Waals surface area contributed by atoms with Gasteiger partial charge in [-0.3, -0.25) is 9.48 Å². The number of aromatic nitrogens is 3. The summed E-state index contributed by atoms with van der Waals surface area (Å²) in [6.45, 7) is 1.53. The molecular weight excluding hydrogens is 292 g/mol. The van der Waals surface area contributed by atoms with Gasteiger partial charge in [0.15, 0.2) is 0 Å². The molecule has 4 rings (SSSR count). The van der Waals surface area contributed by atoms with Crippen LogP contribution in [-0.2, 0) is 4.74 Å². The van der Waals surface area contributed by atoms with Crippen LogP contribution < -0.4 is 5.32 Å². The summed E-state index contributed by atoms with van der Waals surface area (Å²) >= 11 is 0. The lowest BCUT2D eigenvalue weighted by Crippen LogP contribution is -2.19. The highest BCUT2D eigenvalue weighted by Crippen LogP contribution is 2.21. The third kappa shape index (κ3) is 2.85. The molecule has 3 aromatic rings. The SMILES string of the molecule is O=C(Nc1cnn(C2CCOCC2)c1)c1cc2ccccn2c1. The van der Waals surface area contributed by atoms with Crippen LogP contribution in [0.1, 0.15) is 29.2 Å². The van der Waals surface area contributed by atoms with Gasteiger partial charge in [-0.05, 0) is 31.0 Å². The summed E-state index contributed by atoms with van der Waals surface area (Å²) in [5.41, 5.74) is 2.35. The Hall–Kier alpha value is -2.60. The first kappa shape index (κ1) is 14.0. The molecule has 1 fully saturated rings. The van der Waals surface area contributed by atoms with E-state index in [1.807, 2.05) is 51.9 Å². The molecule has 0 aromatic carbocycles. The standard InChI is InChI=1S/C17H18N4O2/c22-17(13-9-16-3-1-2-6-20(16)11-13)19-14-10-18-21(12-14)15-4-7-23-8-5-15/h1-3,6,9-12,15H,4-5,7-8H2,(H,19,22). The van der Waals surface area contributed by atoms with Gasteiger partial charge in [0.25, 0.3) is 5.91 Å². The number of hydrogen-bond donors (Lipinski definition) is 1. The molecule has 0 aliphatic carbocycles. The van der Waals surface area contributed by atoms with Gasteiger partial charge in [-0.25, -0.2) is 0 Å². The topological polar surface area (TPSA) is 60.6 Å². The average molecular weight is 310 g/mol. The van der Waals surface area contributed by atoms with E-state index in [9.17, 15) is 4.79 Å². The zero-order valence-corrected chi connectivity index (χ0v) is 12.7. The molecule has 1 amide bonds. The summed E-state index contributed by atoms with van der Waals surface area (Å²) in [6.07, 6.45) is 9.26. The van der Waals surface area contributed by atoms with Crippen molar-refractivity contribution in [2.24, 2.45) is 0 Å². The highest BCUT2D eigenvalue weighted by Gasteiger charge is 2.17. The number of nitrogens with one attached hydrogen (secondary N) is 1. The van der Waals surface area contributed by atoms with Crippen LogP contribution in [0.25, 0.3) is 5.52 Å². The maximum absolute atomic E-state index is 12.4. The van der Waals surface area contributed by atoms with Crippen LogP contribution in [0.3, 0.4) is 0 Å². The Labute approximate surface area is 133 Å². The lowest BCUT2D eigenvalue weighted by Gasteiger charge is -2.22. The molecule has 1 saturated heterocycles. The Morgan fingerprint density at radius 2 is 2.13 bits per heavy atom. The summed E-state index contributed by atoms with van der Waals surface area (Å²) < 4.78 is 9.22. The summed E-state index contributed by atoms with van der Waals surface area (Å²) in [6, 6.07) is 8.09. The maximum atomic E-state index is 12.4. The Morgan fingerprint density at radius 1 is 1.26 bits per heavy atom. The predicted octanol–water partition coefficient (Wildman–Crippen LogP) is 2.74. The van der Waals surface area contributed by atoms with Crippen molar-refractivity contribution in [1.29, 1.82) is 0 Å². The molecule has 118 valence electrons. The lowest BCUT2D eigenvalue weighted by molar-refractivity contribution is 0.0662. The predicted molar refractivity (Wildman–Crippen MR) is 86.7 cm³/mol. The summed E-state index contributed by atoms with van der Waals surface area (Å²) in [7, 11) is 0. The van der Waals surface area contributed by atoms with Crippen molar-refractivity contribution in [3.63, 3.8) is 0 Å². The fourth-order valence-electron chi connectivity index (χ4n) is 2.93. The van der Waals surface area contributed by atoms with Crippen LogP contribution >= 0.6 is 0 Å². The van der Waals surface area contributed by atoms with Crippen LogP contribution in [0.15, 0.2) is 49.1 Å². The number of carbonyl (C=O) groups excluding carboxylic acids is 1. The molecule has 0 spiro atoms. The minimum Gasteiger partial charge on any atom is -0.381 e. The molecule has 4 heterocycles. The number of carbonyl (C=O) groups is 1. The smallest absolute Gasteiger partial charge is 0.257 e. The van der Waals surface area contributed by atoms with E-state index in [1.54, 1.807) is 6.20 Å². The van der Waals surface area contributed by atoms with Gasteiger partial charge in [0.05, 0.1) is 23.5 Å². The fourth-order valence-corrected chi connectivity index (χ4v) is 2.93. The molecule has 0 bridgehead atoms. The van der Waals surface area contributed by atoms with Crippen LogP contribution in [-0.4, -0.2) is 33.3 Å². The summed E-state index contributed by atoms with van der Waals surface area (Å²) in [5.74, 6) is -0.125. The first-order chi connectivity index (χ1) is 11.3. The Morgan fingerprint density at radius 3 is 2.96 bits per heavy atom. The molecule has 1 aliphatic heterocycles. The highest BCUT2D eigenvalue weighted by molar-refractivity contribution is 6.05. The van der Waals surface area contributed by atoms with Crippen LogP contribution in [0.2, 0.25) is 0 Å². The summed E-state index contributed by atoms with van der Waals surface area (Å²) in [5, 5.41) is 7.28. The third-order valence-corrected chi connectivity index (χ3v) is 4.19. The molecule has 0 radical (unpaired) electrons. The number of amides is 1. The van der Waals surface area contributed by atoms with Gasteiger partial charge in [-0.2, -0.15) is 5.10 Å². The molecule has 0 unspecified atom stereocenters. The second kappa shape index (κ2) is 5.89. The van der Waals surface area contributed by atoms with Crippen molar-refractivity contribution in [2.45, 2.75) is 18.9 Å². The Kier molecular flexibility index (Phi) is 3.59. The van der Waals surface area contributed by atoms with E-state index in [2.05, 4.69) is 10.4 Å². The first-order valence-electron chi connectivity index (χ1n) is 7.79. The number of ether oxygens (including phenoxy) is 1. The van der Waals surface area contributed by atoms with E-state index in [0.29, 0.717) is 11.6 Å². The molecule has 6 nitrogen and oxygen atoms in total. The van der Waals surface area contributed by atoms with Crippen molar-refractivity contribution < 1.29 is 9.53 Å². The van der Waals surface area contributed by atoms with Crippen LogP contribution in [0, 0.1) is 0 Å². The minimum atomic E-state index is -0.125. The Balaban J connectivity index is 1.49. The van der Waals surface area contributed by atoms with Gasteiger partial charge in [0, 0.05) is 37.3 Å². The molecule has 3 aromatic heterocycles. The molecule has 6 heteroatoms. The molecule has 23 heavy (non-hydrogen) atoms. The van der Waals surface area contributed by atoms with Crippen molar-refractivity contribution in [1.82, 2.24) is 14.2 Å². The quantitative estimate of drug-likeness (QED) is 0.809. The molecule has 0 saturated carbocycles. The second-order valence-electron chi connectivity index (χ2n) is 5.77. The fraction of sp³-hybridized carbons (Fsp3) is 0.294. The largest absolute Gasteiger partial charge is 0.381 e. The molecule has 0 atom stereocenters. The van der Waals surface area contributed by atoms with Crippen molar-refractivity contribution in [3.05, 3.63) is 54.6 Å². The van der Waals surface area contributed by atoms with Gasteiger partial charge in [0.1, 0.15) is 0 Å². The molecule has 1 N–H and O–H groups in total. The molecule has 1 aliphatic rings. The summed E-state index contributed by atoms with van der Waals surface area (Å²) in [4.78, 5) is 12.4. The van der Waals surface area contributed by atoms with E-state index < -0.39 is 0 Å². The van der Waals surface area contributed by atoms with E-state index in [-0.39, 0.29) is 5.91 Å². The molecular formula is C17H18N4O2. The number of pyridine rings is 1. The lowest BCUT2D eigenvalue weighted by atomic mass is 10.1. The zero-order valence-electron chi connectivity index (χ0n) is 12.7. The number of nitrogens with zero attached hydrogens (tertiary/aromatic N) is 3. The van der Waals surface area contributed by atoms with Crippen molar-refractivity contribution in [3.8, 4) is 0 Å². The van der Waals surface area contributed by atoms with Gasteiger partial charge in [0.2, 0.25) is 0 Å². The van der Waals surface area contributed by atoms with Gasteiger partial charge < -0.3 is 14.5 Å². The normalized spacial score (nSPS) is 15.8. The highest BCUT2D eigenvalue weighted by atomic mass is 16.5. The number of rotatable bonds is 3. The van der Waals surface area contributed by atoms with E-state index >= 15 is 0 Å². The minimum absolute atomic E-state index is 0.125. The van der Waals surface area contributed by atoms with Gasteiger partial charge >= 0.3 is 0 Å².